The minimum absolute atomic E-state index is 0.213. The Morgan fingerprint density at radius 3 is 2.75 bits per heavy atom. The molecule has 0 bridgehead atoms. The van der Waals surface area contributed by atoms with Crippen molar-refractivity contribution in [2.75, 3.05) is 20.3 Å². The van der Waals surface area contributed by atoms with E-state index in [2.05, 4.69) is 0 Å². The van der Waals surface area contributed by atoms with Crippen LogP contribution < -0.4 is 0 Å². The van der Waals surface area contributed by atoms with Crippen molar-refractivity contribution in [3.05, 3.63) is 34.9 Å². The lowest BCUT2D eigenvalue weighted by Gasteiger charge is -2.05. The predicted molar refractivity (Wildman–Crippen MR) is 58.1 cm³/mol. The molecule has 16 heavy (non-hydrogen) atoms. The second-order valence-corrected chi connectivity index (χ2v) is 3.33. The first-order chi connectivity index (χ1) is 7.67. The Kier molecular flexibility index (Phi) is 4.49. The van der Waals surface area contributed by atoms with Crippen LogP contribution in [-0.2, 0) is 9.47 Å². The zero-order chi connectivity index (χ0) is 12.0. The van der Waals surface area contributed by atoms with Gasteiger partial charge in [0.05, 0.1) is 23.8 Å². The largest absolute Gasteiger partial charge is 0.460 e. The second-order valence-electron chi connectivity index (χ2n) is 3.33. The number of hydrogen-bond donors (Lipinski definition) is 0. The van der Waals surface area contributed by atoms with Crippen molar-refractivity contribution in [3.63, 3.8) is 0 Å². The molecule has 1 aromatic carbocycles. The van der Waals surface area contributed by atoms with Gasteiger partial charge in [0.2, 0.25) is 0 Å². The first-order valence-corrected chi connectivity index (χ1v) is 4.85. The van der Waals surface area contributed by atoms with E-state index in [0.29, 0.717) is 17.7 Å². The van der Waals surface area contributed by atoms with Crippen molar-refractivity contribution in [1.29, 1.82) is 5.26 Å². The highest BCUT2D eigenvalue weighted by molar-refractivity contribution is 5.90. The molecule has 0 saturated heterocycles. The molecule has 4 heteroatoms. The fraction of sp³-hybridized carbons (Fsp3) is 0.333. The van der Waals surface area contributed by atoms with Crippen LogP contribution in [0.2, 0.25) is 0 Å². The van der Waals surface area contributed by atoms with Crippen molar-refractivity contribution in [2.24, 2.45) is 0 Å². The molecule has 0 radical (unpaired) electrons. The van der Waals surface area contributed by atoms with Gasteiger partial charge >= 0.3 is 5.97 Å². The summed E-state index contributed by atoms with van der Waals surface area (Å²) in [5.41, 5.74) is 1.71. The minimum Gasteiger partial charge on any atom is -0.460 e. The summed E-state index contributed by atoms with van der Waals surface area (Å²) in [6.07, 6.45) is 0. The third-order valence-corrected chi connectivity index (χ3v) is 1.96. The minimum atomic E-state index is -0.433. The van der Waals surface area contributed by atoms with Crippen LogP contribution in [0.1, 0.15) is 21.5 Å². The monoisotopic (exact) mass is 219 g/mol. The Hall–Kier alpha value is -1.86. The Morgan fingerprint density at radius 2 is 2.12 bits per heavy atom. The summed E-state index contributed by atoms with van der Waals surface area (Å²) in [6.45, 7) is 2.40. The van der Waals surface area contributed by atoms with Crippen LogP contribution in [0.25, 0.3) is 0 Å². The number of methoxy groups -OCH3 is 1. The van der Waals surface area contributed by atoms with Crippen molar-refractivity contribution in [1.82, 2.24) is 0 Å². The van der Waals surface area contributed by atoms with Gasteiger partial charge in [-0.05, 0) is 30.7 Å². The summed E-state index contributed by atoms with van der Waals surface area (Å²) >= 11 is 0. The van der Waals surface area contributed by atoms with Gasteiger partial charge < -0.3 is 9.47 Å². The number of carbonyl (C=O) groups excluding carboxylic acids is 1. The summed E-state index contributed by atoms with van der Waals surface area (Å²) in [4.78, 5) is 11.6. The van der Waals surface area contributed by atoms with Gasteiger partial charge in [-0.3, -0.25) is 0 Å². The molecule has 84 valence electrons. The number of nitrogens with zero attached hydrogens (tertiary/aromatic N) is 1. The first kappa shape index (κ1) is 12.2. The van der Waals surface area contributed by atoms with Gasteiger partial charge in [0, 0.05) is 7.11 Å². The number of carbonyl (C=O) groups is 1. The van der Waals surface area contributed by atoms with Crippen molar-refractivity contribution in [2.45, 2.75) is 6.92 Å². The van der Waals surface area contributed by atoms with E-state index < -0.39 is 5.97 Å². The number of rotatable bonds is 4. The molecule has 0 heterocycles. The zero-order valence-corrected chi connectivity index (χ0v) is 9.32. The molecule has 0 unspecified atom stereocenters. The van der Waals surface area contributed by atoms with E-state index in [-0.39, 0.29) is 6.61 Å². The molecule has 0 spiro atoms. The Morgan fingerprint density at radius 1 is 1.38 bits per heavy atom. The Labute approximate surface area is 94.4 Å². The molecule has 1 aromatic rings. The van der Waals surface area contributed by atoms with Gasteiger partial charge in [-0.2, -0.15) is 5.26 Å². The lowest BCUT2D eigenvalue weighted by molar-refractivity contribution is 0.0388. The lowest BCUT2D eigenvalue weighted by Crippen LogP contribution is -2.10. The summed E-state index contributed by atoms with van der Waals surface area (Å²) in [5, 5.41) is 8.76. The van der Waals surface area contributed by atoms with E-state index in [1.54, 1.807) is 12.1 Å². The lowest BCUT2D eigenvalue weighted by atomic mass is 10.1. The molecule has 0 saturated carbocycles. The van der Waals surface area contributed by atoms with Crippen LogP contribution in [0.4, 0.5) is 0 Å². The highest BCUT2D eigenvalue weighted by Gasteiger charge is 2.08. The van der Waals surface area contributed by atoms with E-state index in [1.165, 1.54) is 13.2 Å². The van der Waals surface area contributed by atoms with Crippen LogP contribution in [0.5, 0.6) is 0 Å². The molecule has 0 amide bonds. The molecule has 0 N–H and O–H groups in total. The van der Waals surface area contributed by atoms with E-state index in [9.17, 15) is 4.79 Å². The molecule has 0 aliphatic heterocycles. The zero-order valence-electron chi connectivity index (χ0n) is 9.32. The second kappa shape index (κ2) is 5.89. The van der Waals surface area contributed by atoms with Crippen molar-refractivity contribution in [3.8, 4) is 6.07 Å². The molecule has 0 aromatic heterocycles. The maximum atomic E-state index is 11.6. The third kappa shape index (κ3) is 3.37. The van der Waals surface area contributed by atoms with Gasteiger partial charge in [0.25, 0.3) is 0 Å². The summed E-state index contributed by atoms with van der Waals surface area (Å²) in [5.74, 6) is -0.433. The van der Waals surface area contributed by atoms with Gasteiger partial charge in [0.15, 0.2) is 0 Å². The smallest absolute Gasteiger partial charge is 0.338 e. The number of aryl methyl sites for hydroxylation is 1. The molecule has 0 aliphatic carbocycles. The summed E-state index contributed by atoms with van der Waals surface area (Å²) < 4.78 is 9.72. The van der Waals surface area contributed by atoms with Crippen molar-refractivity contribution >= 4 is 5.97 Å². The van der Waals surface area contributed by atoms with Crippen LogP contribution in [-0.4, -0.2) is 26.3 Å². The average molecular weight is 219 g/mol. The SMILES string of the molecule is COCCOC(=O)c1cc(C)cc(C#N)c1. The van der Waals surface area contributed by atoms with E-state index in [0.717, 1.165) is 5.56 Å². The maximum absolute atomic E-state index is 11.6. The van der Waals surface area contributed by atoms with Crippen molar-refractivity contribution < 1.29 is 14.3 Å². The molecule has 0 atom stereocenters. The molecule has 1 rings (SSSR count). The molecule has 0 aliphatic rings. The molecular weight excluding hydrogens is 206 g/mol. The number of ether oxygens (including phenoxy) is 2. The number of hydrogen-bond acceptors (Lipinski definition) is 4. The third-order valence-electron chi connectivity index (χ3n) is 1.96. The van der Waals surface area contributed by atoms with Gasteiger partial charge in [-0.25, -0.2) is 4.79 Å². The Balaban J connectivity index is 2.76. The number of nitriles is 1. The topological polar surface area (TPSA) is 59.3 Å². The number of benzene rings is 1. The fourth-order valence-electron chi connectivity index (χ4n) is 1.27. The van der Waals surface area contributed by atoms with Gasteiger partial charge in [0.1, 0.15) is 6.61 Å². The first-order valence-electron chi connectivity index (χ1n) is 4.85. The normalized spacial score (nSPS) is 9.56. The van der Waals surface area contributed by atoms with E-state index >= 15 is 0 Å². The van der Waals surface area contributed by atoms with E-state index in [1.807, 2.05) is 13.0 Å². The summed E-state index contributed by atoms with van der Waals surface area (Å²) in [7, 11) is 1.54. The van der Waals surface area contributed by atoms with Gasteiger partial charge in [-0.15, -0.1) is 0 Å². The quantitative estimate of drug-likeness (QED) is 0.571. The van der Waals surface area contributed by atoms with Crippen LogP contribution in [0.15, 0.2) is 18.2 Å². The molecule has 4 nitrogen and oxygen atoms in total. The number of esters is 1. The van der Waals surface area contributed by atoms with Crippen LogP contribution in [0, 0.1) is 18.3 Å². The van der Waals surface area contributed by atoms with Crippen LogP contribution in [0.3, 0.4) is 0 Å². The Bertz CT molecular complexity index is 421. The average Bonchev–Trinajstić information content (AvgIpc) is 2.28. The summed E-state index contributed by atoms with van der Waals surface area (Å²) in [6, 6.07) is 6.92. The standard InChI is InChI=1S/C12H13NO3/c1-9-5-10(8-13)7-11(6-9)12(14)16-4-3-15-2/h5-7H,3-4H2,1-2H3. The maximum Gasteiger partial charge on any atom is 0.338 e. The molecular formula is C12H13NO3. The van der Waals surface area contributed by atoms with E-state index in [4.69, 9.17) is 14.7 Å². The highest BCUT2D eigenvalue weighted by atomic mass is 16.6. The van der Waals surface area contributed by atoms with Gasteiger partial charge in [-0.1, -0.05) is 0 Å². The predicted octanol–water partition coefficient (Wildman–Crippen LogP) is 1.67. The highest BCUT2D eigenvalue weighted by Crippen LogP contribution is 2.10. The molecule has 0 fully saturated rings. The van der Waals surface area contributed by atoms with Crippen LogP contribution >= 0.6 is 0 Å². The fourth-order valence-corrected chi connectivity index (χ4v) is 1.27.